The van der Waals surface area contributed by atoms with E-state index in [1.165, 1.54) is 28.3 Å². The summed E-state index contributed by atoms with van der Waals surface area (Å²) in [5, 5.41) is 2.43. The number of fused-ring (bicyclic) bond motifs is 3. The van der Waals surface area contributed by atoms with Gasteiger partial charge in [-0.3, -0.25) is 0 Å². The second kappa shape index (κ2) is 6.51. The number of methoxy groups -OCH3 is 1. The predicted octanol–water partition coefficient (Wildman–Crippen LogP) is 4.17. The van der Waals surface area contributed by atoms with E-state index < -0.39 is 7.12 Å². The third-order valence-electron chi connectivity index (χ3n) is 6.44. The number of aryl methyl sites for hydroxylation is 1. The fraction of sp³-hybridized carbons (Fsp3) is 0.545. The molecule has 1 heterocycles. The molecule has 1 unspecified atom stereocenters. The van der Waals surface area contributed by atoms with E-state index in [1.54, 1.807) is 7.11 Å². The first-order chi connectivity index (χ1) is 12.7. The Bertz CT molecular complexity index is 858. The van der Waals surface area contributed by atoms with Gasteiger partial charge in [-0.25, -0.2) is 0 Å². The quantitative estimate of drug-likeness (QED) is 0.600. The highest BCUT2D eigenvalue weighted by atomic mass is 16.7. The van der Waals surface area contributed by atoms with Gasteiger partial charge in [0.1, 0.15) is 5.75 Å². The summed E-state index contributed by atoms with van der Waals surface area (Å²) in [7, 11) is 1.22. The molecule has 0 saturated carbocycles. The number of hydrogen-bond donors (Lipinski definition) is 0. The molecule has 144 valence electrons. The van der Waals surface area contributed by atoms with Crippen molar-refractivity contribution in [3.05, 3.63) is 35.4 Å². The summed E-state index contributed by atoms with van der Waals surface area (Å²) in [6.45, 7) is 10.9. The first-order valence-electron chi connectivity index (χ1n) is 9.80. The van der Waals surface area contributed by atoms with Gasteiger partial charge >= 0.3 is 7.12 Å². The van der Waals surface area contributed by atoms with Crippen LogP contribution in [0, 0.1) is 0 Å². The highest BCUT2D eigenvalue weighted by molar-refractivity contribution is 6.65. The first kappa shape index (κ1) is 18.8. The molecule has 1 atom stereocenters. The third-order valence-corrected chi connectivity index (χ3v) is 6.44. The lowest BCUT2D eigenvalue weighted by Gasteiger charge is -2.32. The molecule has 0 radical (unpaired) electrons. The van der Waals surface area contributed by atoms with Crippen LogP contribution in [0.5, 0.6) is 5.75 Å². The van der Waals surface area contributed by atoms with Gasteiger partial charge in [0.2, 0.25) is 0 Å². The lowest BCUT2D eigenvalue weighted by Crippen LogP contribution is -2.41. The normalized spacial score (nSPS) is 23.0. The smallest absolute Gasteiger partial charge is 0.468 e. The Balaban J connectivity index is 1.90. The molecule has 4 rings (SSSR count). The van der Waals surface area contributed by atoms with E-state index in [4.69, 9.17) is 18.8 Å². The largest absolute Gasteiger partial charge is 0.495 e. The minimum Gasteiger partial charge on any atom is -0.468 e. The van der Waals surface area contributed by atoms with Crippen LogP contribution in [0.1, 0.15) is 58.1 Å². The van der Waals surface area contributed by atoms with E-state index in [2.05, 4.69) is 58.9 Å². The monoisotopic (exact) mass is 368 g/mol. The van der Waals surface area contributed by atoms with Crippen LogP contribution in [0.4, 0.5) is 0 Å². The van der Waals surface area contributed by atoms with E-state index in [-0.39, 0.29) is 18.0 Å². The third kappa shape index (κ3) is 3.06. The summed E-state index contributed by atoms with van der Waals surface area (Å²) >= 11 is 0. The van der Waals surface area contributed by atoms with Crippen LogP contribution in [0.2, 0.25) is 0 Å². The van der Waals surface area contributed by atoms with Crippen LogP contribution in [-0.2, 0) is 20.5 Å². The molecule has 1 aliphatic carbocycles. The van der Waals surface area contributed by atoms with E-state index in [0.717, 1.165) is 17.6 Å². The van der Waals surface area contributed by atoms with Crippen LogP contribution in [-0.4, -0.2) is 32.2 Å². The molecule has 4 nitrogen and oxygen atoms in total. The topological polar surface area (TPSA) is 36.9 Å². The molecular weight excluding hydrogens is 339 g/mol. The highest BCUT2D eigenvalue weighted by Crippen LogP contribution is 2.41. The van der Waals surface area contributed by atoms with E-state index >= 15 is 0 Å². The van der Waals surface area contributed by atoms with Crippen molar-refractivity contribution in [3.8, 4) is 5.75 Å². The molecule has 5 heteroatoms. The molecule has 1 aliphatic heterocycles. The van der Waals surface area contributed by atoms with Gasteiger partial charge in [-0.05, 0) is 85.9 Å². The molecule has 0 N–H and O–H groups in total. The molecule has 1 fully saturated rings. The second-order valence-electron chi connectivity index (χ2n) is 8.83. The van der Waals surface area contributed by atoms with Crippen LogP contribution >= 0.6 is 0 Å². The van der Waals surface area contributed by atoms with Crippen molar-refractivity contribution >= 4 is 23.4 Å². The van der Waals surface area contributed by atoms with Gasteiger partial charge in [0.15, 0.2) is 6.79 Å². The lowest BCUT2D eigenvalue weighted by molar-refractivity contribution is 0.00578. The summed E-state index contributed by atoms with van der Waals surface area (Å²) in [5.74, 6) is 1.32. The maximum atomic E-state index is 6.40. The fourth-order valence-electron chi connectivity index (χ4n) is 4.21. The Morgan fingerprint density at radius 1 is 1.11 bits per heavy atom. The molecule has 0 spiro atoms. The van der Waals surface area contributed by atoms with E-state index in [9.17, 15) is 0 Å². The Morgan fingerprint density at radius 2 is 1.81 bits per heavy atom. The molecule has 0 amide bonds. The van der Waals surface area contributed by atoms with Crippen LogP contribution in [0.3, 0.4) is 0 Å². The zero-order valence-corrected chi connectivity index (χ0v) is 17.2. The minimum absolute atomic E-state index is 0.218. The number of rotatable bonds is 4. The second-order valence-corrected chi connectivity index (χ2v) is 8.83. The predicted molar refractivity (Wildman–Crippen MR) is 109 cm³/mol. The molecule has 1 saturated heterocycles. The van der Waals surface area contributed by atoms with Crippen LogP contribution < -0.4 is 10.2 Å². The molecule has 0 bridgehead atoms. The van der Waals surface area contributed by atoms with Crippen molar-refractivity contribution in [2.75, 3.05) is 13.9 Å². The molecule has 27 heavy (non-hydrogen) atoms. The van der Waals surface area contributed by atoms with Crippen LogP contribution in [0.25, 0.3) is 10.8 Å². The van der Waals surface area contributed by atoms with Crippen molar-refractivity contribution in [2.45, 2.75) is 64.6 Å². The summed E-state index contributed by atoms with van der Waals surface area (Å²) in [5.41, 5.74) is 3.19. The number of hydrogen-bond acceptors (Lipinski definition) is 4. The van der Waals surface area contributed by atoms with Gasteiger partial charge in [0.25, 0.3) is 0 Å². The van der Waals surface area contributed by atoms with Crippen molar-refractivity contribution < 1.29 is 18.8 Å². The van der Waals surface area contributed by atoms with Crippen molar-refractivity contribution in [2.24, 2.45) is 0 Å². The summed E-state index contributed by atoms with van der Waals surface area (Å²) in [4.78, 5) is 0. The summed E-state index contributed by atoms with van der Waals surface area (Å²) in [6, 6.07) is 8.61. The Kier molecular flexibility index (Phi) is 4.53. The minimum atomic E-state index is -0.414. The number of benzene rings is 2. The van der Waals surface area contributed by atoms with Gasteiger partial charge in [-0.1, -0.05) is 19.1 Å². The molecule has 0 aromatic heterocycles. The van der Waals surface area contributed by atoms with Crippen LogP contribution in [0.15, 0.2) is 24.3 Å². The van der Waals surface area contributed by atoms with Gasteiger partial charge < -0.3 is 18.8 Å². The molecule has 2 aromatic carbocycles. The van der Waals surface area contributed by atoms with Gasteiger partial charge in [-0.2, -0.15) is 0 Å². The first-order valence-corrected chi connectivity index (χ1v) is 9.80. The van der Waals surface area contributed by atoms with Crippen molar-refractivity contribution in [1.29, 1.82) is 0 Å². The standard InChI is InChI=1S/C22H29BO4/c1-14-7-8-15-9-10-16-11-17(25-13-24-6)12-18(20(16)19(14)15)23-26-21(2,3)22(4,5)27-23/h9-12,14H,7-8,13H2,1-6H3. The maximum absolute atomic E-state index is 6.40. The Labute approximate surface area is 162 Å². The van der Waals surface area contributed by atoms with Gasteiger partial charge in [0.05, 0.1) is 11.2 Å². The average Bonchev–Trinajstić information content (AvgIpc) is 3.08. The fourth-order valence-corrected chi connectivity index (χ4v) is 4.21. The van der Waals surface area contributed by atoms with Gasteiger partial charge in [-0.15, -0.1) is 0 Å². The lowest BCUT2D eigenvalue weighted by atomic mass is 9.73. The maximum Gasteiger partial charge on any atom is 0.495 e. The van der Waals surface area contributed by atoms with E-state index in [0.29, 0.717) is 5.92 Å². The Morgan fingerprint density at radius 3 is 2.48 bits per heavy atom. The summed E-state index contributed by atoms with van der Waals surface area (Å²) < 4.78 is 23.7. The van der Waals surface area contributed by atoms with Gasteiger partial charge in [0, 0.05) is 7.11 Å². The SMILES string of the molecule is COCOc1cc(B2OC(C)(C)C(C)(C)O2)c2c3c(ccc2c1)CCC3C. The average molecular weight is 368 g/mol. The molecule has 2 aromatic rings. The zero-order valence-electron chi connectivity index (χ0n) is 17.2. The zero-order chi connectivity index (χ0) is 19.4. The summed E-state index contributed by atoms with van der Waals surface area (Å²) in [6.07, 6.45) is 2.33. The molecular formula is C22H29BO4. The van der Waals surface area contributed by atoms with Crippen molar-refractivity contribution in [3.63, 3.8) is 0 Å². The van der Waals surface area contributed by atoms with Crippen molar-refractivity contribution in [1.82, 2.24) is 0 Å². The Hall–Kier alpha value is -1.56. The van der Waals surface area contributed by atoms with E-state index in [1.807, 2.05) is 0 Å². The molecule has 2 aliphatic rings. The number of ether oxygens (including phenoxy) is 2. The highest BCUT2D eigenvalue weighted by Gasteiger charge is 2.52.